The molecule has 0 bridgehead atoms. The van der Waals surface area contributed by atoms with Gasteiger partial charge in [-0.15, -0.1) is 0 Å². The first-order chi connectivity index (χ1) is 15.5. The molecule has 2 atom stereocenters. The molecule has 2 aromatic carbocycles. The molecule has 8 heteroatoms. The van der Waals surface area contributed by atoms with Gasteiger partial charge in [0.25, 0.3) is 5.56 Å². The van der Waals surface area contributed by atoms with E-state index < -0.39 is 29.5 Å². The number of benzene rings is 2. The number of nitrogens with one attached hydrogen (secondary N) is 3. The zero-order chi connectivity index (χ0) is 22.9. The predicted octanol–water partition coefficient (Wildman–Crippen LogP) is 1.65. The maximum atomic E-state index is 13.1. The van der Waals surface area contributed by atoms with Gasteiger partial charge in [-0.1, -0.05) is 48.5 Å². The normalized spacial score (nSPS) is 12.8. The van der Waals surface area contributed by atoms with Crippen molar-refractivity contribution in [2.75, 3.05) is 11.9 Å². The molecule has 0 saturated carbocycles. The van der Waals surface area contributed by atoms with Gasteiger partial charge in [0.2, 0.25) is 11.8 Å². The third-order valence-electron chi connectivity index (χ3n) is 5.26. The lowest BCUT2D eigenvalue weighted by Crippen LogP contribution is -2.50. The second-order valence-corrected chi connectivity index (χ2v) is 7.71. The lowest BCUT2D eigenvalue weighted by Gasteiger charge is -2.21. The van der Waals surface area contributed by atoms with Crippen LogP contribution in [0.4, 0.5) is 5.69 Å². The molecule has 0 fully saturated rings. The largest absolute Gasteiger partial charge is 0.343 e. The fourth-order valence-electron chi connectivity index (χ4n) is 3.43. The Morgan fingerprint density at radius 1 is 0.969 bits per heavy atom. The van der Waals surface area contributed by atoms with Gasteiger partial charge >= 0.3 is 0 Å². The van der Waals surface area contributed by atoms with E-state index in [0.29, 0.717) is 37.7 Å². The first-order valence-corrected chi connectivity index (χ1v) is 10.7. The van der Waals surface area contributed by atoms with Crippen LogP contribution >= 0.6 is 0 Å². The van der Waals surface area contributed by atoms with Crippen LogP contribution in [0, 0.1) is 0 Å². The van der Waals surface area contributed by atoms with Crippen molar-refractivity contribution in [2.45, 2.75) is 37.8 Å². The topological polar surface area (TPSA) is 143 Å². The van der Waals surface area contributed by atoms with Crippen molar-refractivity contribution in [3.05, 3.63) is 76.6 Å². The fraction of sp³-hybridized carbons (Fsp3) is 0.292. The van der Waals surface area contributed by atoms with E-state index in [2.05, 4.69) is 15.6 Å². The molecule has 0 aliphatic rings. The Bertz CT molecular complexity index is 1110. The number of anilines is 1. The third kappa shape index (κ3) is 6.26. The number of hydrogen-bond donors (Lipinski definition) is 5. The predicted molar refractivity (Wildman–Crippen MR) is 126 cm³/mol. The Labute approximate surface area is 186 Å². The molecule has 7 N–H and O–H groups in total. The molecule has 2 amide bonds. The van der Waals surface area contributed by atoms with Crippen LogP contribution in [0.25, 0.3) is 10.9 Å². The lowest BCUT2D eigenvalue weighted by molar-refractivity contribution is -0.127. The van der Waals surface area contributed by atoms with Gasteiger partial charge < -0.3 is 27.1 Å². The Hall–Kier alpha value is -3.49. The highest BCUT2D eigenvalue weighted by molar-refractivity contribution is 5.98. The smallest absolute Gasteiger partial charge is 0.272 e. The highest BCUT2D eigenvalue weighted by atomic mass is 16.2. The van der Waals surface area contributed by atoms with Crippen LogP contribution in [0.1, 0.15) is 24.8 Å². The molecule has 3 rings (SSSR count). The minimum atomic E-state index is -0.850. The number of rotatable bonds is 10. The van der Waals surface area contributed by atoms with Gasteiger partial charge in [0.1, 0.15) is 11.7 Å². The van der Waals surface area contributed by atoms with Crippen molar-refractivity contribution in [1.29, 1.82) is 0 Å². The second kappa shape index (κ2) is 11.2. The minimum Gasteiger partial charge on any atom is -0.343 e. The lowest BCUT2D eigenvalue weighted by atomic mass is 10.0. The molecule has 1 heterocycles. The summed E-state index contributed by atoms with van der Waals surface area (Å²) in [5.41, 5.74) is 12.9. The number of nitrogens with two attached hydrogens (primary N) is 2. The molecule has 0 radical (unpaired) electrons. The minimum absolute atomic E-state index is 0.125. The van der Waals surface area contributed by atoms with Crippen LogP contribution in [0.5, 0.6) is 0 Å². The Balaban J connectivity index is 1.76. The molecule has 168 valence electrons. The van der Waals surface area contributed by atoms with Crippen molar-refractivity contribution in [1.82, 2.24) is 10.3 Å². The summed E-state index contributed by atoms with van der Waals surface area (Å²) in [6.45, 7) is 0.434. The standard InChI is InChI=1S/C24H29N5O3/c25-14-6-10-18(26)22(30)28-20(13-12-16-7-2-1-3-8-16)23(31)29-21-15-17-9-4-5-11-19(17)27-24(21)32/h1-5,7-9,11,15,18,20H,6,10,12-14,25-26H2,(H,27,32)(H,28,30)(H,29,31)/t18-,20?/m0/s1. The summed E-state index contributed by atoms with van der Waals surface area (Å²) < 4.78 is 0. The van der Waals surface area contributed by atoms with Crippen LogP contribution in [0.3, 0.4) is 0 Å². The molecule has 0 aliphatic heterocycles. The Morgan fingerprint density at radius 2 is 1.69 bits per heavy atom. The summed E-state index contributed by atoms with van der Waals surface area (Å²) in [5, 5.41) is 6.20. The molecule has 8 nitrogen and oxygen atoms in total. The SMILES string of the molecule is NCCC[C@H](N)C(=O)NC(CCc1ccccc1)C(=O)Nc1cc2ccccc2[nH]c1=O. The number of fused-ring (bicyclic) bond motifs is 1. The molecule has 32 heavy (non-hydrogen) atoms. The summed E-state index contributed by atoms with van der Waals surface area (Å²) in [6.07, 6.45) is 1.98. The third-order valence-corrected chi connectivity index (χ3v) is 5.26. The van der Waals surface area contributed by atoms with E-state index >= 15 is 0 Å². The zero-order valence-electron chi connectivity index (χ0n) is 17.8. The van der Waals surface area contributed by atoms with Crippen molar-refractivity contribution in [2.24, 2.45) is 11.5 Å². The van der Waals surface area contributed by atoms with Crippen LogP contribution < -0.4 is 27.7 Å². The van der Waals surface area contributed by atoms with E-state index in [-0.39, 0.29) is 5.69 Å². The van der Waals surface area contributed by atoms with E-state index in [9.17, 15) is 14.4 Å². The number of aromatic nitrogens is 1. The first kappa shape index (κ1) is 23.2. The first-order valence-electron chi connectivity index (χ1n) is 10.7. The number of carbonyl (C=O) groups is 2. The maximum Gasteiger partial charge on any atom is 0.272 e. The number of hydrogen-bond acceptors (Lipinski definition) is 5. The van der Waals surface area contributed by atoms with Gasteiger partial charge in [-0.3, -0.25) is 14.4 Å². The highest BCUT2D eigenvalue weighted by Gasteiger charge is 2.24. The van der Waals surface area contributed by atoms with Gasteiger partial charge in [-0.05, 0) is 49.9 Å². The van der Waals surface area contributed by atoms with Crippen molar-refractivity contribution >= 4 is 28.4 Å². The van der Waals surface area contributed by atoms with Crippen molar-refractivity contribution in [3.63, 3.8) is 0 Å². The van der Waals surface area contributed by atoms with Crippen LogP contribution in [-0.2, 0) is 16.0 Å². The molecule has 0 saturated heterocycles. The van der Waals surface area contributed by atoms with E-state index in [1.54, 1.807) is 12.1 Å². The van der Waals surface area contributed by atoms with Crippen LogP contribution in [0.15, 0.2) is 65.5 Å². The average molecular weight is 436 g/mol. The van der Waals surface area contributed by atoms with Gasteiger partial charge in [0.15, 0.2) is 0 Å². The quantitative estimate of drug-likeness (QED) is 0.329. The Morgan fingerprint density at radius 3 is 2.44 bits per heavy atom. The van der Waals surface area contributed by atoms with E-state index in [1.807, 2.05) is 48.5 Å². The number of H-pyrrole nitrogens is 1. The molecule has 0 aliphatic carbocycles. The number of carbonyl (C=O) groups excluding carboxylic acids is 2. The maximum absolute atomic E-state index is 13.1. The van der Waals surface area contributed by atoms with Gasteiger partial charge in [0.05, 0.1) is 6.04 Å². The monoisotopic (exact) mass is 435 g/mol. The van der Waals surface area contributed by atoms with E-state index in [0.717, 1.165) is 10.9 Å². The fourth-order valence-corrected chi connectivity index (χ4v) is 3.43. The molecular formula is C24H29N5O3. The second-order valence-electron chi connectivity index (χ2n) is 7.71. The molecular weight excluding hydrogens is 406 g/mol. The summed E-state index contributed by atoms with van der Waals surface area (Å²) in [7, 11) is 0. The average Bonchev–Trinajstić information content (AvgIpc) is 2.81. The summed E-state index contributed by atoms with van der Waals surface area (Å²) in [6, 6.07) is 17.0. The van der Waals surface area contributed by atoms with Crippen molar-refractivity contribution < 1.29 is 9.59 Å². The van der Waals surface area contributed by atoms with Crippen LogP contribution in [0.2, 0.25) is 0 Å². The van der Waals surface area contributed by atoms with E-state index in [4.69, 9.17) is 11.5 Å². The summed E-state index contributed by atoms with van der Waals surface area (Å²) >= 11 is 0. The van der Waals surface area contributed by atoms with Gasteiger partial charge in [0, 0.05) is 10.9 Å². The van der Waals surface area contributed by atoms with Crippen molar-refractivity contribution in [3.8, 4) is 0 Å². The molecule has 0 spiro atoms. The Kier molecular flexibility index (Phi) is 8.13. The summed E-state index contributed by atoms with van der Waals surface area (Å²) in [4.78, 5) is 40.8. The zero-order valence-corrected chi connectivity index (χ0v) is 17.8. The molecule has 1 aromatic heterocycles. The van der Waals surface area contributed by atoms with Gasteiger partial charge in [-0.25, -0.2) is 0 Å². The summed E-state index contributed by atoms with van der Waals surface area (Å²) in [5.74, 6) is -0.889. The highest BCUT2D eigenvalue weighted by Crippen LogP contribution is 2.14. The van der Waals surface area contributed by atoms with Gasteiger partial charge in [-0.2, -0.15) is 0 Å². The number of aromatic amines is 1. The number of pyridine rings is 1. The molecule has 1 unspecified atom stereocenters. The number of aryl methyl sites for hydroxylation is 1. The number of para-hydroxylation sites is 1. The van der Waals surface area contributed by atoms with E-state index in [1.165, 1.54) is 0 Å². The number of amides is 2. The van der Waals surface area contributed by atoms with Crippen LogP contribution in [-0.4, -0.2) is 35.4 Å². The molecule has 3 aromatic rings.